The van der Waals surface area contributed by atoms with E-state index in [9.17, 15) is 49.2 Å². The van der Waals surface area contributed by atoms with Crippen LogP contribution in [0.1, 0.15) is 41.4 Å². The number of carbonyl (C=O) groups excluding carboxylic acids is 4. The zero-order valence-corrected chi connectivity index (χ0v) is 26.2. The van der Waals surface area contributed by atoms with Gasteiger partial charge in [-0.15, -0.1) is 0 Å². The highest BCUT2D eigenvalue weighted by atomic mass is 16.3. The summed E-state index contributed by atoms with van der Waals surface area (Å²) in [5, 5.41) is 51.7. The van der Waals surface area contributed by atoms with Gasteiger partial charge in [-0.25, -0.2) is 0 Å². The SMILES string of the molecule is Cn1ccc(C(=O)Nc2ccccc2NC(=O)c2ccc(C(=O)Nc3ccccc3NC(=O)c3ccn(C)c(=O)c3O)c(O)c2O)c(O)c1=O. The highest BCUT2D eigenvalue weighted by molar-refractivity contribution is 6.14. The van der Waals surface area contributed by atoms with Gasteiger partial charge in [-0.1, -0.05) is 24.3 Å². The Hall–Kier alpha value is -7.36. The molecule has 0 unspecified atom stereocenters. The van der Waals surface area contributed by atoms with Crippen LogP contribution in [0, 0.1) is 0 Å². The minimum atomic E-state index is -0.940. The number of amides is 4. The number of phenols is 2. The first-order valence-corrected chi connectivity index (χ1v) is 14.5. The standard InChI is InChI=1S/C34H28N6O10/c1-39-15-13-19(27(43)33(39)49)31(47)37-23-9-5-3-7-21(23)35-29(45)17-11-12-18(26(42)25(17)41)30(46)36-22-8-4-6-10-24(22)38-32(48)20-14-16-40(2)34(50)28(20)44/h3-16,41-44H,1-2H3,(H,35,45)(H,36,46)(H,37,47)(H,38,48). The van der Waals surface area contributed by atoms with Crippen molar-refractivity contribution < 1.29 is 39.6 Å². The Morgan fingerprint density at radius 1 is 0.440 bits per heavy atom. The predicted molar refractivity (Wildman–Crippen MR) is 181 cm³/mol. The number of hydrogen-bond acceptors (Lipinski definition) is 10. The van der Waals surface area contributed by atoms with E-state index < -0.39 is 68.9 Å². The van der Waals surface area contributed by atoms with Gasteiger partial charge in [0.2, 0.25) is 0 Å². The van der Waals surface area contributed by atoms with E-state index in [0.29, 0.717) is 0 Å². The first kappa shape index (κ1) is 34.0. The van der Waals surface area contributed by atoms with E-state index in [0.717, 1.165) is 21.3 Å². The molecule has 16 nitrogen and oxygen atoms in total. The van der Waals surface area contributed by atoms with Gasteiger partial charge in [-0.3, -0.25) is 28.8 Å². The number of nitrogens with zero attached hydrogens (tertiary/aromatic N) is 2. The molecule has 5 aromatic rings. The Kier molecular flexibility index (Phi) is 9.37. The van der Waals surface area contributed by atoms with Gasteiger partial charge in [0.05, 0.1) is 45.0 Å². The minimum Gasteiger partial charge on any atom is -0.504 e. The number of aromatic nitrogens is 2. The molecule has 4 amide bonds. The van der Waals surface area contributed by atoms with Gasteiger partial charge in [0, 0.05) is 26.5 Å². The Morgan fingerprint density at radius 2 is 0.700 bits per heavy atom. The van der Waals surface area contributed by atoms with Crippen molar-refractivity contribution in [1.29, 1.82) is 0 Å². The molecule has 2 aromatic heterocycles. The maximum Gasteiger partial charge on any atom is 0.293 e. The summed E-state index contributed by atoms with van der Waals surface area (Å²) in [6.45, 7) is 0. The fourth-order valence-electron chi connectivity index (χ4n) is 4.70. The third kappa shape index (κ3) is 6.70. The molecule has 8 N–H and O–H groups in total. The summed E-state index contributed by atoms with van der Waals surface area (Å²) < 4.78 is 2.17. The number of hydrogen-bond donors (Lipinski definition) is 8. The number of carbonyl (C=O) groups is 4. The monoisotopic (exact) mass is 680 g/mol. The largest absolute Gasteiger partial charge is 0.504 e. The molecule has 0 aliphatic carbocycles. The Bertz CT molecular complexity index is 2170. The molecular formula is C34H28N6O10. The molecule has 0 aliphatic heterocycles. The van der Waals surface area contributed by atoms with Gasteiger partial charge in [-0.05, 0) is 48.5 Å². The molecule has 254 valence electrons. The minimum absolute atomic E-state index is 0.0534. The number of rotatable bonds is 8. The predicted octanol–water partition coefficient (Wildman–Crippen LogP) is 2.92. The lowest BCUT2D eigenvalue weighted by Gasteiger charge is -2.15. The lowest BCUT2D eigenvalue weighted by Crippen LogP contribution is -2.22. The maximum absolute atomic E-state index is 13.2. The van der Waals surface area contributed by atoms with Gasteiger partial charge in [0.15, 0.2) is 23.0 Å². The summed E-state index contributed by atoms with van der Waals surface area (Å²) in [6.07, 6.45) is 2.59. The molecular weight excluding hydrogens is 652 g/mol. The first-order valence-electron chi connectivity index (χ1n) is 14.5. The lowest BCUT2D eigenvalue weighted by atomic mass is 10.1. The number of aromatic hydroxyl groups is 4. The normalized spacial score (nSPS) is 10.6. The van der Waals surface area contributed by atoms with Crippen LogP contribution in [-0.2, 0) is 14.1 Å². The summed E-state index contributed by atoms with van der Waals surface area (Å²) >= 11 is 0. The van der Waals surface area contributed by atoms with Crippen LogP contribution in [0.2, 0.25) is 0 Å². The van der Waals surface area contributed by atoms with E-state index in [4.69, 9.17) is 0 Å². The van der Waals surface area contributed by atoms with E-state index in [1.54, 1.807) is 12.1 Å². The molecule has 5 rings (SSSR count). The van der Waals surface area contributed by atoms with Crippen LogP contribution in [0.25, 0.3) is 0 Å². The third-order valence-electron chi connectivity index (χ3n) is 7.46. The van der Waals surface area contributed by atoms with Crippen LogP contribution in [0.5, 0.6) is 23.0 Å². The quantitative estimate of drug-likeness (QED) is 0.111. The van der Waals surface area contributed by atoms with E-state index >= 15 is 0 Å². The maximum atomic E-state index is 13.2. The van der Waals surface area contributed by atoms with Crippen molar-refractivity contribution in [3.63, 3.8) is 0 Å². The number of aryl methyl sites for hydroxylation is 2. The Morgan fingerprint density at radius 3 is 0.980 bits per heavy atom. The van der Waals surface area contributed by atoms with Gasteiger partial charge < -0.3 is 50.8 Å². The zero-order valence-electron chi connectivity index (χ0n) is 26.2. The van der Waals surface area contributed by atoms with Crippen LogP contribution >= 0.6 is 0 Å². The van der Waals surface area contributed by atoms with Crippen LogP contribution in [0.4, 0.5) is 22.7 Å². The van der Waals surface area contributed by atoms with Crippen molar-refractivity contribution in [2.24, 2.45) is 14.1 Å². The van der Waals surface area contributed by atoms with Crippen molar-refractivity contribution in [1.82, 2.24) is 9.13 Å². The van der Waals surface area contributed by atoms with Crippen molar-refractivity contribution >= 4 is 46.4 Å². The molecule has 0 radical (unpaired) electrons. The second-order valence-electron chi connectivity index (χ2n) is 10.8. The molecule has 50 heavy (non-hydrogen) atoms. The van der Waals surface area contributed by atoms with Gasteiger partial charge in [-0.2, -0.15) is 0 Å². The first-order chi connectivity index (χ1) is 23.8. The average Bonchev–Trinajstić information content (AvgIpc) is 3.08. The second kappa shape index (κ2) is 13.8. The summed E-state index contributed by atoms with van der Waals surface area (Å²) in [6, 6.07) is 16.5. The zero-order chi connectivity index (χ0) is 36.3. The fraction of sp³-hybridized carbons (Fsp3) is 0.0588. The second-order valence-corrected chi connectivity index (χ2v) is 10.8. The third-order valence-corrected chi connectivity index (χ3v) is 7.46. The highest BCUT2D eigenvalue weighted by Gasteiger charge is 2.24. The van der Waals surface area contributed by atoms with Gasteiger partial charge in [0.25, 0.3) is 34.7 Å². The van der Waals surface area contributed by atoms with E-state index in [1.807, 2.05) is 0 Å². The smallest absolute Gasteiger partial charge is 0.293 e. The highest BCUT2D eigenvalue weighted by Crippen LogP contribution is 2.35. The molecule has 0 saturated heterocycles. The van der Waals surface area contributed by atoms with E-state index in [1.165, 1.54) is 75.0 Å². The molecule has 3 aromatic carbocycles. The van der Waals surface area contributed by atoms with Crippen LogP contribution < -0.4 is 32.4 Å². The number of benzene rings is 3. The van der Waals surface area contributed by atoms with E-state index in [-0.39, 0.29) is 33.9 Å². The number of nitrogens with one attached hydrogen (secondary N) is 4. The molecule has 2 heterocycles. The van der Waals surface area contributed by atoms with Crippen molar-refractivity contribution in [3.05, 3.63) is 128 Å². The molecule has 0 spiro atoms. The lowest BCUT2D eigenvalue weighted by molar-refractivity contribution is 0.100. The van der Waals surface area contributed by atoms with Crippen LogP contribution in [0.15, 0.2) is 94.8 Å². The van der Waals surface area contributed by atoms with Gasteiger partial charge >= 0.3 is 0 Å². The van der Waals surface area contributed by atoms with Crippen LogP contribution in [0.3, 0.4) is 0 Å². The van der Waals surface area contributed by atoms with Crippen molar-refractivity contribution in [2.45, 2.75) is 0 Å². The van der Waals surface area contributed by atoms with E-state index in [2.05, 4.69) is 21.3 Å². The summed E-state index contributed by atoms with van der Waals surface area (Å²) in [5.41, 5.74) is -2.83. The average molecular weight is 681 g/mol. The molecule has 0 fully saturated rings. The molecule has 0 aliphatic rings. The fourth-order valence-corrected chi connectivity index (χ4v) is 4.70. The number of para-hydroxylation sites is 4. The van der Waals surface area contributed by atoms with Gasteiger partial charge in [0.1, 0.15) is 0 Å². The number of phenolic OH excluding ortho intramolecular Hbond substituents is 2. The number of anilines is 4. The molecule has 16 heteroatoms. The molecule has 0 atom stereocenters. The van der Waals surface area contributed by atoms with Crippen molar-refractivity contribution in [2.75, 3.05) is 21.3 Å². The summed E-state index contributed by atoms with van der Waals surface area (Å²) in [5.74, 6) is -6.98. The van der Waals surface area contributed by atoms with Crippen molar-refractivity contribution in [3.8, 4) is 23.0 Å². The Labute approximate surface area is 281 Å². The number of pyridine rings is 2. The van der Waals surface area contributed by atoms with Crippen LogP contribution in [-0.4, -0.2) is 53.2 Å². The Balaban J connectivity index is 1.32. The summed E-state index contributed by atoms with van der Waals surface area (Å²) in [7, 11) is 2.80. The molecule has 0 saturated carbocycles. The molecule has 0 bridgehead atoms. The summed E-state index contributed by atoms with van der Waals surface area (Å²) in [4.78, 5) is 76.1. The topological polar surface area (TPSA) is 241 Å².